The molecule has 0 bridgehead atoms. The van der Waals surface area contributed by atoms with E-state index in [1.54, 1.807) is 0 Å². The predicted octanol–water partition coefficient (Wildman–Crippen LogP) is 3.42. The third-order valence-corrected chi connectivity index (χ3v) is 5.03. The Labute approximate surface area is 114 Å². The van der Waals surface area contributed by atoms with Gasteiger partial charge in [-0.05, 0) is 64.1 Å². The molecule has 2 fully saturated rings. The minimum atomic E-state index is 0.881. The van der Waals surface area contributed by atoms with Crippen LogP contribution in [0.25, 0.3) is 0 Å². The maximum atomic E-state index is 3.63. The van der Waals surface area contributed by atoms with Gasteiger partial charge in [-0.3, -0.25) is 4.90 Å². The molecule has 1 saturated carbocycles. The molecule has 2 aliphatic rings. The minimum absolute atomic E-state index is 0.881. The van der Waals surface area contributed by atoms with E-state index in [-0.39, 0.29) is 0 Å². The molecule has 106 valence electrons. The summed E-state index contributed by atoms with van der Waals surface area (Å²) in [4.78, 5) is 2.88. The van der Waals surface area contributed by atoms with Crippen molar-refractivity contribution >= 4 is 0 Å². The maximum Gasteiger partial charge on any atom is 0.0139 e. The standard InChI is InChI=1S/C16H32N2/c1-3-11-17-13-14-9-10-16(14)18-12-7-5-6-8-15(18)4-2/h14-17H,3-13H2,1-2H3. The van der Waals surface area contributed by atoms with Crippen LogP contribution in [0, 0.1) is 5.92 Å². The molecular formula is C16H32N2. The molecular weight excluding hydrogens is 220 g/mol. The van der Waals surface area contributed by atoms with E-state index in [0.717, 1.165) is 18.0 Å². The van der Waals surface area contributed by atoms with Gasteiger partial charge in [-0.2, -0.15) is 0 Å². The number of nitrogens with one attached hydrogen (secondary N) is 1. The molecule has 0 spiro atoms. The Balaban J connectivity index is 1.84. The first-order chi connectivity index (χ1) is 8.86. The Morgan fingerprint density at radius 2 is 1.94 bits per heavy atom. The van der Waals surface area contributed by atoms with Crippen LogP contribution in [-0.2, 0) is 0 Å². The van der Waals surface area contributed by atoms with E-state index in [4.69, 9.17) is 0 Å². The predicted molar refractivity (Wildman–Crippen MR) is 78.9 cm³/mol. The summed E-state index contributed by atoms with van der Waals surface area (Å²) in [5.74, 6) is 0.934. The summed E-state index contributed by atoms with van der Waals surface area (Å²) in [7, 11) is 0. The summed E-state index contributed by atoms with van der Waals surface area (Å²) in [5.41, 5.74) is 0. The van der Waals surface area contributed by atoms with Crippen LogP contribution in [0.3, 0.4) is 0 Å². The van der Waals surface area contributed by atoms with E-state index >= 15 is 0 Å². The van der Waals surface area contributed by atoms with Gasteiger partial charge >= 0.3 is 0 Å². The van der Waals surface area contributed by atoms with Crippen LogP contribution < -0.4 is 5.32 Å². The Morgan fingerprint density at radius 3 is 2.61 bits per heavy atom. The Kier molecular flexibility index (Phi) is 5.97. The highest BCUT2D eigenvalue weighted by Crippen LogP contribution is 2.35. The molecule has 18 heavy (non-hydrogen) atoms. The molecule has 2 nitrogen and oxygen atoms in total. The van der Waals surface area contributed by atoms with Crippen molar-refractivity contribution in [2.24, 2.45) is 5.92 Å². The third kappa shape index (κ3) is 3.48. The van der Waals surface area contributed by atoms with Gasteiger partial charge in [-0.1, -0.05) is 26.7 Å². The molecule has 1 heterocycles. The monoisotopic (exact) mass is 252 g/mol. The maximum absolute atomic E-state index is 3.63. The molecule has 1 N–H and O–H groups in total. The van der Waals surface area contributed by atoms with Gasteiger partial charge in [-0.15, -0.1) is 0 Å². The van der Waals surface area contributed by atoms with Gasteiger partial charge in [0.25, 0.3) is 0 Å². The zero-order valence-electron chi connectivity index (χ0n) is 12.5. The van der Waals surface area contributed by atoms with Crippen molar-refractivity contribution in [3.63, 3.8) is 0 Å². The van der Waals surface area contributed by atoms with Crippen LogP contribution >= 0.6 is 0 Å². The molecule has 1 saturated heterocycles. The molecule has 3 unspecified atom stereocenters. The Hall–Kier alpha value is -0.0800. The van der Waals surface area contributed by atoms with Gasteiger partial charge in [0.2, 0.25) is 0 Å². The molecule has 0 aromatic rings. The largest absolute Gasteiger partial charge is 0.316 e. The van der Waals surface area contributed by atoms with Gasteiger partial charge in [0.05, 0.1) is 0 Å². The topological polar surface area (TPSA) is 15.3 Å². The van der Waals surface area contributed by atoms with Gasteiger partial charge in [0, 0.05) is 12.1 Å². The second-order valence-electron chi connectivity index (χ2n) is 6.26. The minimum Gasteiger partial charge on any atom is -0.316 e. The van der Waals surface area contributed by atoms with Crippen LogP contribution in [0.2, 0.25) is 0 Å². The van der Waals surface area contributed by atoms with Crippen molar-refractivity contribution < 1.29 is 0 Å². The summed E-state index contributed by atoms with van der Waals surface area (Å²) in [6.45, 7) is 8.46. The highest BCUT2D eigenvalue weighted by Gasteiger charge is 2.37. The van der Waals surface area contributed by atoms with Crippen LogP contribution in [0.4, 0.5) is 0 Å². The summed E-state index contributed by atoms with van der Waals surface area (Å²) in [5, 5.41) is 3.63. The number of nitrogens with zero attached hydrogens (tertiary/aromatic N) is 1. The van der Waals surface area contributed by atoms with Crippen molar-refractivity contribution in [2.45, 2.75) is 77.3 Å². The average molecular weight is 252 g/mol. The fraction of sp³-hybridized carbons (Fsp3) is 1.00. The second-order valence-corrected chi connectivity index (χ2v) is 6.26. The van der Waals surface area contributed by atoms with E-state index < -0.39 is 0 Å². The zero-order valence-corrected chi connectivity index (χ0v) is 12.5. The SMILES string of the molecule is CCCNCC1CCC1N1CCCCCC1CC. The molecule has 1 aliphatic heterocycles. The fourth-order valence-corrected chi connectivity index (χ4v) is 3.77. The number of hydrogen-bond acceptors (Lipinski definition) is 2. The highest BCUT2D eigenvalue weighted by atomic mass is 15.2. The van der Waals surface area contributed by atoms with Gasteiger partial charge in [0.15, 0.2) is 0 Å². The summed E-state index contributed by atoms with van der Waals surface area (Å²) >= 11 is 0. The fourth-order valence-electron chi connectivity index (χ4n) is 3.77. The van der Waals surface area contributed by atoms with Crippen molar-refractivity contribution in [3.8, 4) is 0 Å². The van der Waals surface area contributed by atoms with E-state index in [1.807, 2.05) is 0 Å². The van der Waals surface area contributed by atoms with E-state index in [9.17, 15) is 0 Å². The van der Waals surface area contributed by atoms with Gasteiger partial charge < -0.3 is 5.32 Å². The van der Waals surface area contributed by atoms with E-state index in [0.29, 0.717) is 0 Å². The third-order valence-electron chi connectivity index (χ3n) is 5.03. The van der Waals surface area contributed by atoms with Gasteiger partial charge in [0.1, 0.15) is 0 Å². The van der Waals surface area contributed by atoms with Crippen LogP contribution in [0.1, 0.15) is 65.2 Å². The van der Waals surface area contributed by atoms with Crippen LogP contribution in [0.15, 0.2) is 0 Å². The zero-order chi connectivity index (χ0) is 12.8. The van der Waals surface area contributed by atoms with Crippen molar-refractivity contribution in [1.82, 2.24) is 10.2 Å². The first-order valence-electron chi connectivity index (χ1n) is 8.33. The summed E-state index contributed by atoms with van der Waals surface area (Å²) in [6.07, 6.45) is 11.3. The highest BCUT2D eigenvalue weighted by molar-refractivity contribution is 4.93. The van der Waals surface area contributed by atoms with Crippen molar-refractivity contribution in [2.75, 3.05) is 19.6 Å². The molecule has 0 aromatic carbocycles. The quantitative estimate of drug-likeness (QED) is 0.729. The normalized spacial score (nSPS) is 34.0. The smallest absolute Gasteiger partial charge is 0.0139 e. The average Bonchev–Trinajstić information content (AvgIpc) is 2.58. The Morgan fingerprint density at radius 1 is 1.06 bits per heavy atom. The molecule has 2 rings (SSSR count). The number of likely N-dealkylation sites (tertiary alicyclic amines) is 1. The van der Waals surface area contributed by atoms with Crippen LogP contribution in [-0.4, -0.2) is 36.6 Å². The van der Waals surface area contributed by atoms with Crippen molar-refractivity contribution in [3.05, 3.63) is 0 Å². The lowest BCUT2D eigenvalue weighted by Gasteiger charge is -2.47. The lowest BCUT2D eigenvalue weighted by atomic mass is 9.77. The second kappa shape index (κ2) is 7.49. The van der Waals surface area contributed by atoms with Crippen molar-refractivity contribution in [1.29, 1.82) is 0 Å². The number of hydrogen-bond donors (Lipinski definition) is 1. The molecule has 0 amide bonds. The molecule has 2 heteroatoms. The lowest BCUT2D eigenvalue weighted by molar-refractivity contribution is 0.0277. The van der Waals surface area contributed by atoms with Crippen LogP contribution in [0.5, 0.6) is 0 Å². The van der Waals surface area contributed by atoms with Gasteiger partial charge in [-0.25, -0.2) is 0 Å². The molecule has 0 aromatic heterocycles. The van der Waals surface area contributed by atoms with E-state index in [2.05, 4.69) is 24.1 Å². The number of rotatable bonds is 6. The molecule has 0 radical (unpaired) electrons. The first-order valence-corrected chi connectivity index (χ1v) is 8.33. The summed E-state index contributed by atoms with van der Waals surface area (Å²) < 4.78 is 0. The van der Waals surface area contributed by atoms with E-state index in [1.165, 1.54) is 71.0 Å². The summed E-state index contributed by atoms with van der Waals surface area (Å²) in [6, 6.07) is 1.78. The lowest BCUT2D eigenvalue weighted by Crippen LogP contribution is -2.54. The molecule has 1 aliphatic carbocycles. The Bertz CT molecular complexity index is 229. The first kappa shape index (κ1) is 14.3. The molecule has 3 atom stereocenters.